The third-order valence-corrected chi connectivity index (χ3v) is 7.84. The van der Waals surface area contributed by atoms with E-state index >= 15 is 0 Å². The van der Waals surface area contributed by atoms with Gasteiger partial charge in [-0.1, -0.05) is 0 Å². The molecule has 0 saturated carbocycles. The number of nitrogens with zero attached hydrogens (tertiary/aromatic N) is 5. The zero-order valence-corrected chi connectivity index (χ0v) is 21.5. The number of hydrogen-bond donors (Lipinski definition) is 0. The van der Waals surface area contributed by atoms with Gasteiger partial charge in [0.25, 0.3) is 0 Å². The summed E-state index contributed by atoms with van der Waals surface area (Å²) in [6, 6.07) is 6.06. The number of carbonyl (C=O) groups is 2. The van der Waals surface area contributed by atoms with Crippen molar-refractivity contribution in [3.8, 4) is 11.9 Å². The molecule has 9 nitrogen and oxygen atoms in total. The number of fused-ring (bicyclic) bond motifs is 5. The van der Waals surface area contributed by atoms with E-state index in [-0.39, 0.29) is 18.2 Å². The number of rotatable bonds is 5. The highest BCUT2D eigenvalue weighted by atomic mass is 19.4. The number of ether oxygens (including phenoxy) is 2. The predicted octanol–water partition coefficient (Wildman–Crippen LogP) is 3.49. The van der Waals surface area contributed by atoms with E-state index in [9.17, 15) is 22.8 Å². The fourth-order valence-corrected chi connectivity index (χ4v) is 6.16. The Morgan fingerprint density at radius 2 is 1.87 bits per heavy atom. The molecule has 3 fully saturated rings. The number of aryl methyl sites for hydroxylation is 1. The van der Waals surface area contributed by atoms with E-state index in [1.165, 1.54) is 12.1 Å². The van der Waals surface area contributed by atoms with Crippen molar-refractivity contribution >= 4 is 23.5 Å². The Morgan fingerprint density at radius 3 is 2.50 bits per heavy atom. The van der Waals surface area contributed by atoms with Crippen LogP contribution in [0.15, 0.2) is 24.3 Å². The van der Waals surface area contributed by atoms with Crippen LogP contribution >= 0.6 is 0 Å². The summed E-state index contributed by atoms with van der Waals surface area (Å²) in [6.07, 6.45) is -4.40. The largest absolute Gasteiger partial charge is 0.477 e. The van der Waals surface area contributed by atoms with Gasteiger partial charge in [-0.3, -0.25) is 9.59 Å². The van der Waals surface area contributed by atoms with Crippen molar-refractivity contribution in [2.45, 2.75) is 44.6 Å². The smallest absolute Gasteiger partial charge is 0.417 e. The van der Waals surface area contributed by atoms with Gasteiger partial charge in [-0.15, -0.1) is 0 Å². The summed E-state index contributed by atoms with van der Waals surface area (Å²) in [4.78, 5) is 38.4. The van der Waals surface area contributed by atoms with E-state index in [4.69, 9.17) is 14.7 Å². The molecule has 4 heterocycles. The van der Waals surface area contributed by atoms with Gasteiger partial charge >= 0.3 is 6.18 Å². The second-order valence-corrected chi connectivity index (χ2v) is 10.7. The average molecular weight is 530 g/mol. The van der Waals surface area contributed by atoms with Gasteiger partial charge in [0.2, 0.25) is 23.6 Å². The molecule has 2 bridgehead atoms. The average Bonchev–Trinajstić information content (AvgIpc) is 3.36. The second kappa shape index (κ2) is 8.39. The third-order valence-electron chi connectivity index (χ3n) is 7.84. The number of carbonyl (C=O) groups excluding carboxylic acids is 2. The summed E-state index contributed by atoms with van der Waals surface area (Å²) >= 11 is 0. The standard InChI is InChI=1S/C26H26F3N5O4/c1-13-8-18(32-23(31-13)33(4)5)37-12-15-10-24(2)19-20(25(15,3)38-24)22(36)34(21(19)35)16-7-6-14(11-30)17(9-16)26(27,28)29/h6-9,15,19-20H,10,12H2,1-5H3/t15-,19+,20-,24+,25-/m0/s1. The van der Waals surface area contributed by atoms with Gasteiger partial charge in [-0.25, -0.2) is 9.88 Å². The molecule has 5 atom stereocenters. The number of hydrogen-bond acceptors (Lipinski definition) is 8. The number of halogens is 3. The van der Waals surface area contributed by atoms with Gasteiger partial charge in [0.1, 0.15) is 0 Å². The van der Waals surface area contributed by atoms with Gasteiger partial charge < -0.3 is 14.4 Å². The minimum atomic E-state index is -4.82. The zero-order chi connectivity index (χ0) is 27.8. The number of anilines is 2. The van der Waals surface area contributed by atoms with Gasteiger partial charge in [-0.2, -0.15) is 23.4 Å². The molecule has 2 aromatic rings. The number of nitriles is 1. The van der Waals surface area contributed by atoms with Gasteiger partial charge in [0.05, 0.1) is 52.5 Å². The van der Waals surface area contributed by atoms with Crippen LogP contribution in [0.4, 0.5) is 24.8 Å². The molecule has 0 N–H and O–H groups in total. The van der Waals surface area contributed by atoms with Crippen molar-refractivity contribution in [2.75, 3.05) is 30.5 Å². The molecule has 3 aliphatic rings. The lowest BCUT2D eigenvalue weighted by Gasteiger charge is -2.35. The molecule has 3 saturated heterocycles. The lowest BCUT2D eigenvalue weighted by atomic mass is 9.64. The highest BCUT2D eigenvalue weighted by molar-refractivity contribution is 6.23. The summed E-state index contributed by atoms with van der Waals surface area (Å²) in [5.74, 6) is -2.40. The second-order valence-electron chi connectivity index (χ2n) is 10.7. The molecule has 1 aromatic carbocycles. The quantitative estimate of drug-likeness (QED) is 0.542. The molecule has 200 valence electrons. The molecule has 38 heavy (non-hydrogen) atoms. The van der Waals surface area contributed by atoms with Crippen LogP contribution < -0.4 is 14.5 Å². The Hall–Kier alpha value is -3.72. The van der Waals surface area contributed by atoms with Crippen LogP contribution in [-0.2, 0) is 20.5 Å². The van der Waals surface area contributed by atoms with E-state index < -0.39 is 52.2 Å². The molecule has 12 heteroatoms. The summed E-state index contributed by atoms with van der Waals surface area (Å²) < 4.78 is 53.0. The Bertz CT molecular complexity index is 1390. The van der Waals surface area contributed by atoms with Crippen LogP contribution in [0.25, 0.3) is 0 Å². The summed E-state index contributed by atoms with van der Waals surface area (Å²) in [7, 11) is 3.62. The lowest BCUT2D eigenvalue weighted by Crippen LogP contribution is -2.48. The van der Waals surface area contributed by atoms with Crippen molar-refractivity contribution in [1.82, 2.24) is 9.97 Å². The van der Waals surface area contributed by atoms with Crippen LogP contribution in [0, 0.1) is 36.0 Å². The number of benzene rings is 1. The van der Waals surface area contributed by atoms with Crippen LogP contribution in [0.2, 0.25) is 0 Å². The fraction of sp³-hybridized carbons (Fsp3) is 0.500. The highest BCUT2D eigenvalue weighted by Crippen LogP contribution is 2.63. The molecule has 1 aromatic heterocycles. The Morgan fingerprint density at radius 1 is 1.18 bits per heavy atom. The molecule has 0 aliphatic carbocycles. The number of amides is 2. The normalized spacial score (nSPS) is 30.0. The summed E-state index contributed by atoms with van der Waals surface area (Å²) in [5.41, 5.74) is -3.35. The Kier molecular flexibility index (Phi) is 5.72. The van der Waals surface area contributed by atoms with Crippen molar-refractivity contribution in [3.05, 3.63) is 41.1 Å². The maximum absolute atomic E-state index is 13.6. The van der Waals surface area contributed by atoms with Crippen molar-refractivity contribution in [3.63, 3.8) is 0 Å². The van der Waals surface area contributed by atoms with Gasteiger partial charge in [-0.05, 0) is 45.4 Å². The first-order chi connectivity index (χ1) is 17.7. The molecule has 0 radical (unpaired) electrons. The zero-order valence-electron chi connectivity index (χ0n) is 21.5. The lowest BCUT2D eigenvalue weighted by molar-refractivity contribution is -0.138. The SMILES string of the molecule is Cc1cc(OC[C@@H]2C[C@@]3(C)O[C@]2(C)[C@@H]2C(=O)N(c4ccc(C#N)c(C(F)(F)F)c4)C(=O)[C@@H]23)nc(N(C)C)n1. The van der Waals surface area contributed by atoms with Crippen LogP contribution in [0.3, 0.4) is 0 Å². The number of alkyl halides is 3. The number of imide groups is 1. The van der Waals surface area contributed by atoms with Crippen molar-refractivity contribution in [1.29, 1.82) is 5.26 Å². The van der Waals surface area contributed by atoms with Gasteiger partial charge in [0, 0.05) is 31.8 Å². The minimum Gasteiger partial charge on any atom is -0.477 e. The molecule has 5 rings (SSSR count). The van der Waals surface area contributed by atoms with Crippen LogP contribution in [-0.4, -0.2) is 53.7 Å². The predicted molar refractivity (Wildman–Crippen MR) is 128 cm³/mol. The number of aromatic nitrogens is 2. The first kappa shape index (κ1) is 25.9. The molecular formula is C26H26F3N5O4. The monoisotopic (exact) mass is 529 g/mol. The highest BCUT2D eigenvalue weighted by Gasteiger charge is 2.75. The Balaban J connectivity index is 1.44. The molecule has 0 unspecified atom stereocenters. The van der Waals surface area contributed by atoms with E-state index in [2.05, 4.69) is 9.97 Å². The van der Waals surface area contributed by atoms with Crippen molar-refractivity contribution in [2.24, 2.45) is 17.8 Å². The molecular weight excluding hydrogens is 503 g/mol. The van der Waals surface area contributed by atoms with Crippen molar-refractivity contribution < 1.29 is 32.2 Å². The molecule has 0 spiro atoms. The van der Waals surface area contributed by atoms with Gasteiger partial charge in [0.15, 0.2) is 0 Å². The molecule has 2 amide bonds. The van der Waals surface area contributed by atoms with E-state index in [1.807, 2.05) is 21.0 Å². The first-order valence-electron chi connectivity index (χ1n) is 12.0. The van der Waals surface area contributed by atoms with Crippen LogP contribution in [0.1, 0.15) is 37.1 Å². The van der Waals surface area contributed by atoms with E-state index in [0.717, 1.165) is 11.0 Å². The Labute approximate surface area is 217 Å². The first-order valence-corrected chi connectivity index (χ1v) is 12.0. The fourth-order valence-electron chi connectivity index (χ4n) is 6.16. The van der Waals surface area contributed by atoms with Crippen LogP contribution in [0.5, 0.6) is 5.88 Å². The summed E-state index contributed by atoms with van der Waals surface area (Å²) in [6.45, 7) is 5.49. The maximum Gasteiger partial charge on any atom is 0.417 e. The van der Waals surface area contributed by atoms with E-state index in [0.29, 0.717) is 30.0 Å². The topological polar surface area (TPSA) is 109 Å². The maximum atomic E-state index is 13.6. The molecule has 3 aliphatic heterocycles. The summed E-state index contributed by atoms with van der Waals surface area (Å²) in [5, 5.41) is 9.10. The van der Waals surface area contributed by atoms with E-state index in [1.54, 1.807) is 24.8 Å². The third kappa shape index (κ3) is 3.79. The minimum absolute atomic E-state index is 0.162.